The number of carbonyl (C=O) groups excluding carboxylic acids is 2. The van der Waals surface area contributed by atoms with Gasteiger partial charge in [0.1, 0.15) is 0 Å². The number of nitrogens with two attached hydrogens (primary N) is 1. The van der Waals surface area contributed by atoms with Crippen LogP contribution in [0.5, 0.6) is 0 Å². The molecule has 3 amide bonds. The normalized spacial score (nSPS) is 23.6. The van der Waals surface area contributed by atoms with E-state index >= 15 is 0 Å². The number of amides is 3. The van der Waals surface area contributed by atoms with E-state index in [4.69, 9.17) is 5.73 Å². The molecule has 1 aliphatic heterocycles. The number of hydrogen-bond acceptors (Lipinski definition) is 3. The summed E-state index contributed by atoms with van der Waals surface area (Å²) in [7, 11) is 0. The molecule has 7 heteroatoms. The molecule has 0 spiro atoms. The van der Waals surface area contributed by atoms with Gasteiger partial charge < -0.3 is 21.1 Å². The number of carboxylic acid groups (broad SMARTS) is 1. The molecular weight excluding hydrogens is 298 g/mol. The van der Waals surface area contributed by atoms with Crippen LogP contribution in [0.25, 0.3) is 0 Å². The highest BCUT2D eigenvalue weighted by atomic mass is 16.4. The van der Waals surface area contributed by atoms with Crippen molar-refractivity contribution in [2.24, 2.45) is 23.5 Å². The molecule has 2 atom stereocenters. The fourth-order valence-electron chi connectivity index (χ4n) is 3.31. The van der Waals surface area contributed by atoms with Crippen LogP contribution in [0.3, 0.4) is 0 Å². The van der Waals surface area contributed by atoms with Crippen LogP contribution < -0.4 is 11.1 Å². The molecule has 0 aromatic heterocycles. The lowest BCUT2D eigenvalue weighted by molar-refractivity contribution is -0.142. The van der Waals surface area contributed by atoms with E-state index in [1.54, 1.807) is 29.2 Å². The quantitative estimate of drug-likeness (QED) is 0.778. The number of nitrogens with one attached hydrogen (secondary N) is 1. The summed E-state index contributed by atoms with van der Waals surface area (Å²) in [6, 6.07) is 5.79. The van der Waals surface area contributed by atoms with E-state index in [9.17, 15) is 19.5 Å². The Morgan fingerprint density at radius 1 is 1.22 bits per heavy atom. The van der Waals surface area contributed by atoms with Crippen molar-refractivity contribution in [2.45, 2.75) is 12.8 Å². The molecule has 1 aromatic carbocycles. The van der Waals surface area contributed by atoms with Crippen LogP contribution in [-0.4, -0.2) is 41.0 Å². The van der Waals surface area contributed by atoms with E-state index in [1.807, 2.05) is 0 Å². The Kier molecular flexibility index (Phi) is 3.94. The van der Waals surface area contributed by atoms with Gasteiger partial charge in [-0.15, -0.1) is 0 Å². The average molecular weight is 317 g/mol. The number of likely N-dealkylation sites (tertiary alicyclic amines) is 1. The topological polar surface area (TPSA) is 113 Å². The van der Waals surface area contributed by atoms with E-state index in [0.717, 1.165) is 12.8 Å². The Bertz CT molecular complexity index is 656. The molecule has 3 rings (SSSR count). The van der Waals surface area contributed by atoms with Gasteiger partial charge in [0, 0.05) is 24.3 Å². The molecule has 1 aromatic rings. The van der Waals surface area contributed by atoms with Gasteiger partial charge in [0.2, 0.25) is 0 Å². The third kappa shape index (κ3) is 3.28. The Morgan fingerprint density at radius 2 is 1.96 bits per heavy atom. The number of carbonyl (C=O) groups is 3. The van der Waals surface area contributed by atoms with Crippen molar-refractivity contribution >= 4 is 23.6 Å². The Hall–Kier alpha value is -2.57. The van der Waals surface area contributed by atoms with E-state index in [-0.39, 0.29) is 18.4 Å². The molecule has 1 heterocycles. The number of rotatable bonds is 4. The van der Waals surface area contributed by atoms with E-state index in [1.165, 1.54) is 0 Å². The van der Waals surface area contributed by atoms with Crippen molar-refractivity contribution in [2.75, 3.05) is 18.4 Å². The molecule has 122 valence electrons. The van der Waals surface area contributed by atoms with Crippen LogP contribution in [-0.2, 0) is 4.79 Å². The second-order valence-corrected chi connectivity index (χ2v) is 6.23. The molecule has 2 aliphatic rings. The van der Waals surface area contributed by atoms with Crippen LogP contribution in [0.15, 0.2) is 24.3 Å². The highest BCUT2D eigenvalue weighted by molar-refractivity contribution is 5.97. The lowest BCUT2D eigenvalue weighted by atomic mass is 9.92. The third-order valence-electron chi connectivity index (χ3n) is 4.57. The molecule has 7 nitrogen and oxygen atoms in total. The summed E-state index contributed by atoms with van der Waals surface area (Å²) in [4.78, 5) is 36.6. The number of aliphatic carboxylic acids is 1. The molecule has 1 saturated carbocycles. The van der Waals surface area contributed by atoms with Crippen molar-refractivity contribution in [1.82, 2.24) is 4.90 Å². The second-order valence-electron chi connectivity index (χ2n) is 6.23. The van der Waals surface area contributed by atoms with Crippen molar-refractivity contribution < 1.29 is 19.5 Å². The van der Waals surface area contributed by atoms with Gasteiger partial charge in [0.15, 0.2) is 0 Å². The van der Waals surface area contributed by atoms with Gasteiger partial charge in [-0.2, -0.15) is 0 Å². The van der Waals surface area contributed by atoms with Crippen molar-refractivity contribution in [3.8, 4) is 0 Å². The summed E-state index contributed by atoms with van der Waals surface area (Å²) in [6.45, 7) is 0.719. The average Bonchev–Trinajstić information content (AvgIpc) is 3.24. The lowest BCUT2D eigenvalue weighted by Crippen LogP contribution is -2.30. The van der Waals surface area contributed by atoms with Crippen molar-refractivity contribution in [3.63, 3.8) is 0 Å². The number of urea groups is 1. The molecular formula is C16H19N3O4. The lowest BCUT2D eigenvalue weighted by Gasteiger charge is -2.17. The maximum atomic E-state index is 12.6. The number of primary amides is 1. The predicted octanol–water partition coefficient (Wildman–Crippen LogP) is 1.36. The third-order valence-corrected chi connectivity index (χ3v) is 4.57. The van der Waals surface area contributed by atoms with E-state index < -0.39 is 17.9 Å². The number of anilines is 1. The van der Waals surface area contributed by atoms with Gasteiger partial charge in [-0.05, 0) is 42.9 Å². The number of nitrogens with zero attached hydrogens (tertiary/aromatic N) is 1. The van der Waals surface area contributed by atoms with Crippen molar-refractivity contribution in [1.29, 1.82) is 0 Å². The minimum absolute atomic E-state index is 0.0448. The SMILES string of the molecule is NC(=O)Nc1cccc(C(=O)N2C[C@H](C(=O)O)[C@@H](C3CC3)C2)c1. The Labute approximate surface area is 133 Å². The summed E-state index contributed by atoms with van der Waals surface area (Å²) in [5.74, 6) is -1.06. The molecule has 4 N–H and O–H groups in total. The predicted molar refractivity (Wildman–Crippen MR) is 82.9 cm³/mol. The molecule has 0 bridgehead atoms. The second kappa shape index (κ2) is 5.91. The first-order valence-corrected chi connectivity index (χ1v) is 7.64. The number of benzene rings is 1. The molecule has 0 radical (unpaired) electrons. The summed E-state index contributed by atoms with van der Waals surface area (Å²) in [5.41, 5.74) is 5.93. The molecule has 2 fully saturated rings. The first kappa shape index (κ1) is 15.3. The van der Waals surface area contributed by atoms with Crippen LogP contribution in [0, 0.1) is 17.8 Å². The highest BCUT2D eigenvalue weighted by Crippen LogP contribution is 2.44. The van der Waals surface area contributed by atoms with Gasteiger partial charge in [-0.3, -0.25) is 9.59 Å². The molecule has 23 heavy (non-hydrogen) atoms. The number of hydrogen-bond donors (Lipinski definition) is 3. The maximum Gasteiger partial charge on any atom is 0.316 e. The van der Waals surface area contributed by atoms with Gasteiger partial charge in [-0.25, -0.2) is 4.79 Å². The minimum Gasteiger partial charge on any atom is -0.481 e. The smallest absolute Gasteiger partial charge is 0.316 e. The largest absolute Gasteiger partial charge is 0.481 e. The fourth-order valence-corrected chi connectivity index (χ4v) is 3.31. The first-order valence-electron chi connectivity index (χ1n) is 7.64. The van der Waals surface area contributed by atoms with Gasteiger partial charge in [0.05, 0.1) is 5.92 Å². The van der Waals surface area contributed by atoms with Crippen LogP contribution in [0.2, 0.25) is 0 Å². The Balaban J connectivity index is 1.75. The zero-order chi connectivity index (χ0) is 16.6. The monoisotopic (exact) mass is 317 g/mol. The fraction of sp³-hybridized carbons (Fsp3) is 0.438. The first-order chi connectivity index (χ1) is 11.0. The van der Waals surface area contributed by atoms with Crippen LogP contribution >= 0.6 is 0 Å². The van der Waals surface area contributed by atoms with Crippen LogP contribution in [0.1, 0.15) is 23.2 Å². The maximum absolute atomic E-state index is 12.6. The van der Waals surface area contributed by atoms with Gasteiger partial charge in [-0.1, -0.05) is 6.07 Å². The highest BCUT2D eigenvalue weighted by Gasteiger charge is 2.46. The number of carboxylic acids is 1. The van der Waals surface area contributed by atoms with Crippen molar-refractivity contribution in [3.05, 3.63) is 29.8 Å². The minimum atomic E-state index is -0.832. The Morgan fingerprint density at radius 3 is 2.57 bits per heavy atom. The summed E-state index contributed by atoms with van der Waals surface area (Å²) in [5, 5.41) is 11.8. The van der Waals surface area contributed by atoms with E-state index in [0.29, 0.717) is 23.7 Å². The molecule has 1 aliphatic carbocycles. The standard InChI is InChI=1S/C16H19N3O4/c17-16(23)18-11-3-1-2-10(6-11)14(20)19-7-12(9-4-5-9)13(8-19)15(21)22/h1-3,6,9,12-13H,4-5,7-8H2,(H,21,22)(H3,17,18,23)/t12-,13+/m1/s1. The summed E-state index contributed by atoms with van der Waals surface area (Å²) >= 11 is 0. The van der Waals surface area contributed by atoms with Gasteiger partial charge in [0.25, 0.3) is 5.91 Å². The molecule has 1 saturated heterocycles. The van der Waals surface area contributed by atoms with Crippen LogP contribution in [0.4, 0.5) is 10.5 Å². The zero-order valence-corrected chi connectivity index (χ0v) is 12.6. The summed E-state index contributed by atoms with van der Waals surface area (Å²) < 4.78 is 0. The molecule has 0 unspecified atom stereocenters. The zero-order valence-electron chi connectivity index (χ0n) is 12.6. The summed E-state index contributed by atoms with van der Waals surface area (Å²) in [6.07, 6.45) is 2.10. The van der Waals surface area contributed by atoms with Gasteiger partial charge >= 0.3 is 12.0 Å². The van der Waals surface area contributed by atoms with E-state index in [2.05, 4.69) is 5.32 Å².